The molecule has 1 aliphatic rings. The van der Waals surface area contributed by atoms with Crippen LogP contribution in [0.4, 0.5) is 0 Å². The largest absolute Gasteiger partial charge is 0.373 e. The summed E-state index contributed by atoms with van der Waals surface area (Å²) in [5.74, 6) is 0. The molecule has 1 aliphatic heterocycles. The molecule has 1 saturated heterocycles. The quantitative estimate of drug-likeness (QED) is 0.885. The molecule has 0 saturated carbocycles. The first-order valence-corrected chi connectivity index (χ1v) is 7.45. The van der Waals surface area contributed by atoms with Crippen LogP contribution in [0.3, 0.4) is 0 Å². The number of hydrogen-bond donors (Lipinski definition) is 1. The summed E-state index contributed by atoms with van der Waals surface area (Å²) in [5.41, 5.74) is 1.34. The lowest BCUT2D eigenvalue weighted by Gasteiger charge is -2.45. The number of rotatable bonds is 5. The zero-order chi connectivity index (χ0) is 14.8. The molecule has 5 nitrogen and oxygen atoms in total. The van der Waals surface area contributed by atoms with Gasteiger partial charge in [0, 0.05) is 45.0 Å². The van der Waals surface area contributed by atoms with E-state index in [1.165, 1.54) is 5.69 Å². The Labute approximate surface area is 122 Å². The van der Waals surface area contributed by atoms with Gasteiger partial charge in [0.15, 0.2) is 0 Å². The van der Waals surface area contributed by atoms with Gasteiger partial charge in [-0.15, -0.1) is 0 Å². The zero-order valence-electron chi connectivity index (χ0n) is 13.4. The first-order chi connectivity index (χ1) is 9.38. The molecular formula is C15H28N4O. The molecule has 2 atom stereocenters. The summed E-state index contributed by atoms with van der Waals surface area (Å²) in [6.07, 6.45) is 4.39. The van der Waals surface area contributed by atoms with Crippen molar-refractivity contribution in [3.63, 3.8) is 0 Å². The van der Waals surface area contributed by atoms with E-state index in [1.807, 2.05) is 19.6 Å². The second-order valence-electron chi connectivity index (χ2n) is 6.57. The van der Waals surface area contributed by atoms with Crippen LogP contribution in [0.1, 0.15) is 33.4 Å². The highest BCUT2D eigenvalue weighted by Gasteiger charge is 2.32. The summed E-state index contributed by atoms with van der Waals surface area (Å²) in [6, 6.07) is 0. The smallest absolute Gasteiger partial charge is 0.0945 e. The number of aryl methyl sites for hydroxylation is 1. The van der Waals surface area contributed by atoms with Crippen LogP contribution in [-0.4, -0.2) is 51.8 Å². The minimum Gasteiger partial charge on any atom is -0.373 e. The van der Waals surface area contributed by atoms with E-state index in [1.54, 1.807) is 0 Å². The Morgan fingerprint density at radius 3 is 2.55 bits per heavy atom. The predicted octanol–water partition coefficient (Wildman–Crippen LogP) is 1.40. The summed E-state index contributed by atoms with van der Waals surface area (Å²) >= 11 is 0. The molecule has 0 unspecified atom stereocenters. The fourth-order valence-corrected chi connectivity index (χ4v) is 2.84. The number of aromatic nitrogens is 2. The van der Waals surface area contributed by atoms with Crippen molar-refractivity contribution in [2.24, 2.45) is 7.05 Å². The molecule has 5 heteroatoms. The molecule has 0 bridgehead atoms. The summed E-state index contributed by atoms with van der Waals surface area (Å²) in [5, 5.41) is 3.55. The molecular weight excluding hydrogens is 252 g/mol. The van der Waals surface area contributed by atoms with E-state index >= 15 is 0 Å². The van der Waals surface area contributed by atoms with E-state index in [9.17, 15) is 0 Å². The Kier molecular flexibility index (Phi) is 4.83. The van der Waals surface area contributed by atoms with Crippen LogP contribution in [0.5, 0.6) is 0 Å². The number of imidazole rings is 1. The maximum absolute atomic E-state index is 5.82. The van der Waals surface area contributed by atoms with Crippen molar-refractivity contribution in [2.75, 3.05) is 19.6 Å². The van der Waals surface area contributed by atoms with E-state index in [2.05, 4.69) is 47.5 Å². The van der Waals surface area contributed by atoms with Gasteiger partial charge >= 0.3 is 0 Å². The standard InChI is InChI=1S/C15H28N4O/c1-12-8-19(9-13(2)20-12)15(3,4)10-16-6-14-7-17-11-18(14)5/h7,11-13,16H,6,8-10H2,1-5H3/t12-,13-/m0/s1. The lowest BCUT2D eigenvalue weighted by Crippen LogP contribution is -2.58. The Morgan fingerprint density at radius 1 is 1.35 bits per heavy atom. The first-order valence-electron chi connectivity index (χ1n) is 7.45. The average Bonchev–Trinajstić information content (AvgIpc) is 2.74. The minimum absolute atomic E-state index is 0.130. The van der Waals surface area contributed by atoms with Crippen LogP contribution in [0.25, 0.3) is 0 Å². The summed E-state index contributed by atoms with van der Waals surface area (Å²) < 4.78 is 7.87. The van der Waals surface area contributed by atoms with E-state index in [4.69, 9.17) is 4.74 Å². The summed E-state index contributed by atoms with van der Waals surface area (Å²) in [6.45, 7) is 12.7. The van der Waals surface area contributed by atoms with Crippen molar-refractivity contribution in [2.45, 2.75) is 52.0 Å². The van der Waals surface area contributed by atoms with Gasteiger partial charge in [-0.1, -0.05) is 0 Å². The summed E-state index contributed by atoms with van der Waals surface area (Å²) in [4.78, 5) is 6.67. The maximum Gasteiger partial charge on any atom is 0.0945 e. The topological polar surface area (TPSA) is 42.3 Å². The molecule has 0 aliphatic carbocycles. The van der Waals surface area contributed by atoms with Crippen LogP contribution in [-0.2, 0) is 18.3 Å². The minimum atomic E-state index is 0.130. The highest BCUT2D eigenvalue weighted by molar-refractivity contribution is 4.97. The Bertz CT molecular complexity index is 419. The molecule has 0 spiro atoms. The number of nitrogens with one attached hydrogen (secondary N) is 1. The van der Waals surface area contributed by atoms with E-state index < -0.39 is 0 Å². The average molecular weight is 280 g/mol. The molecule has 1 aromatic rings. The first kappa shape index (κ1) is 15.5. The van der Waals surface area contributed by atoms with E-state index in [-0.39, 0.29) is 5.54 Å². The van der Waals surface area contributed by atoms with Crippen LogP contribution < -0.4 is 5.32 Å². The van der Waals surface area contributed by atoms with Crippen molar-refractivity contribution >= 4 is 0 Å². The van der Waals surface area contributed by atoms with Gasteiger partial charge in [-0.25, -0.2) is 4.98 Å². The van der Waals surface area contributed by atoms with Crippen LogP contribution in [0.2, 0.25) is 0 Å². The monoisotopic (exact) mass is 280 g/mol. The van der Waals surface area contributed by atoms with Gasteiger partial charge < -0.3 is 14.6 Å². The van der Waals surface area contributed by atoms with Crippen molar-refractivity contribution < 1.29 is 4.74 Å². The van der Waals surface area contributed by atoms with Crippen LogP contribution in [0, 0.1) is 0 Å². The highest BCUT2D eigenvalue weighted by Crippen LogP contribution is 2.20. The maximum atomic E-state index is 5.82. The number of hydrogen-bond acceptors (Lipinski definition) is 4. The highest BCUT2D eigenvalue weighted by atomic mass is 16.5. The third-order valence-corrected chi connectivity index (χ3v) is 4.06. The predicted molar refractivity (Wildman–Crippen MR) is 80.6 cm³/mol. The van der Waals surface area contributed by atoms with E-state index in [0.29, 0.717) is 12.2 Å². The summed E-state index contributed by atoms with van der Waals surface area (Å²) in [7, 11) is 2.03. The third-order valence-electron chi connectivity index (χ3n) is 4.06. The fourth-order valence-electron chi connectivity index (χ4n) is 2.84. The number of nitrogens with zero attached hydrogens (tertiary/aromatic N) is 3. The lowest BCUT2D eigenvalue weighted by atomic mass is 10.00. The second-order valence-corrected chi connectivity index (χ2v) is 6.57. The molecule has 114 valence electrons. The second kappa shape index (κ2) is 6.24. The van der Waals surface area contributed by atoms with Crippen LogP contribution in [0.15, 0.2) is 12.5 Å². The van der Waals surface area contributed by atoms with Gasteiger partial charge in [-0.2, -0.15) is 0 Å². The zero-order valence-corrected chi connectivity index (χ0v) is 13.4. The Balaban J connectivity index is 1.85. The number of ether oxygens (including phenoxy) is 1. The van der Waals surface area contributed by atoms with Crippen molar-refractivity contribution in [1.82, 2.24) is 19.8 Å². The van der Waals surface area contributed by atoms with Gasteiger partial charge in [-0.05, 0) is 27.7 Å². The third kappa shape index (κ3) is 3.81. The van der Waals surface area contributed by atoms with Gasteiger partial charge in [0.2, 0.25) is 0 Å². The van der Waals surface area contributed by atoms with Gasteiger partial charge in [-0.3, -0.25) is 4.90 Å². The van der Waals surface area contributed by atoms with Gasteiger partial charge in [0.05, 0.1) is 24.2 Å². The normalized spacial score (nSPS) is 25.1. The van der Waals surface area contributed by atoms with Crippen molar-refractivity contribution in [3.05, 3.63) is 18.2 Å². The molecule has 0 aromatic carbocycles. The molecule has 2 rings (SSSR count). The molecule has 2 heterocycles. The lowest BCUT2D eigenvalue weighted by molar-refractivity contribution is -0.0952. The Hall–Kier alpha value is -0.910. The molecule has 0 amide bonds. The van der Waals surface area contributed by atoms with Crippen molar-refractivity contribution in [1.29, 1.82) is 0 Å². The fraction of sp³-hybridized carbons (Fsp3) is 0.800. The SMILES string of the molecule is C[C@H]1CN(C(C)(C)CNCc2cncn2C)C[C@H](C)O1. The molecule has 0 radical (unpaired) electrons. The van der Waals surface area contributed by atoms with E-state index in [0.717, 1.165) is 26.2 Å². The molecule has 1 aromatic heterocycles. The molecule has 1 fully saturated rings. The molecule has 1 N–H and O–H groups in total. The Morgan fingerprint density at radius 2 is 2.00 bits per heavy atom. The van der Waals surface area contributed by atoms with Gasteiger partial charge in [0.25, 0.3) is 0 Å². The molecule has 20 heavy (non-hydrogen) atoms. The van der Waals surface area contributed by atoms with Crippen LogP contribution >= 0.6 is 0 Å². The van der Waals surface area contributed by atoms with Gasteiger partial charge in [0.1, 0.15) is 0 Å². The van der Waals surface area contributed by atoms with Crippen molar-refractivity contribution in [3.8, 4) is 0 Å². The number of morpholine rings is 1.